The highest BCUT2D eigenvalue weighted by atomic mass is 32.1. The van der Waals surface area contributed by atoms with Crippen molar-refractivity contribution in [2.45, 2.75) is 38.5 Å². The largest absolute Gasteiger partial charge is 0.416 e. The van der Waals surface area contributed by atoms with E-state index in [4.69, 9.17) is 4.74 Å². The maximum absolute atomic E-state index is 13.1. The summed E-state index contributed by atoms with van der Waals surface area (Å²) >= 11 is 1.30. The first kappa shape index (κ1) is 20.9. The lowest BCUT2D eigenvalue weighted by Crippen LogP contribution is -2.43. The Kier molecular flexibility index (Phi) is 5.84. The normalized spacial score (nSPS) is 17.6. The molecule has 1 aliphatic rings. The number of alkyl halides is 3. The van der Waals surface area contributed by atoms with Crippen LogP contribution < -0.4 is 0 Å². The molecule has 1 saturated heterocycles. The van der Waals surface area contributed by atoms with Crippen molar-refractivity contribution in [1.29, 1.82) is 0 Å². The molecular weight excluding hydrogens is 415 g/mol. The Hall–Kier alpha value is -2.39. The molecule has 0 aliphatic carbocycles. The predicted molar refractivity (Wildman–Crippen MR) is 109 cm³/mol. The van der Waals surface area contributed by atoms with Gasteiger partial charge in [-0.05, 0) is 31.4 Å². The molecule has 4 rings (SSSR count). The van der Waals surface area contributed by atoms with Crippen molar-refractivity contribution in [3.05, 3.63) is 47.1 Å². The van der Waals surface area contributed by atoms with Gasteiger partial charge >= 0.3 is 6.18 Å². The molecule has 3 aromatic rings. The Balaban J connectivity index is 1.58. The molecule has 30 heavy (non-hydrogen) atoms. The molecule has 2 aromatic heterocycles. The molecular formula is C21H22F3N3O2S. The number of likely N-dealkylation sites (tertiary alicyclic amines) is 1. The monoisotopic (exact) mass is 437 g/mol. The number of piperidine rings is 1. The average molecular weight is 437 g/mol. The maximum Gasteiger partial charge on any atom is 0.416 e. The zero-order chi connectivity index (χ0) is 21.3. The van der Waals surface area contributed by atoms with Crippen LogP contribution in [0.2, 0.25) is 0 Å². The summed E-state index contributed by atoms with van der Waals surface area (Å²) in [6.07, 6.45) is 0.00600. The summed E-state index contributed by atoms with van der Waals surface area (Å²) in [6.45, 7) is 3.94. The van der Waals surface area contributed by atoms with Gasteiger partial charge in [-0.15, -0.1) is 11.3 Å². The van der Waals surface area contributed by atoms with E-state index in [-0.39, 0.29) is 12.0 Å². The number of amides is 1. The summed E-state index contributed by atoms with van der Waals surface area (Å²) in [4.78, 5) is 19.9. The minimum Gasteiger partial charge on any atom is -0.376 e. The first-order valence-corrected chi connectivity index (χ1v) is 10.8. The number of benzene rings is 1. The van der Waals surface area contributed by atoms with E-state index < -0.39 is 11.7 Å². The number of nitrogens with zero attached hydrogens (tertiary/aromatic N) is 3. The number of fused-ring (bicyclic) bond motifs is 1. The van der Waals surface area contributed by atoms with Gasteiger partial charge in [0.05, 0.1) is 17.4 Å². The Labute approximate surface area is 176 Å². The van der Waals surface area contributed by atoms with Crippen LogP contribution in [0.5, 0.6) is 0 Å². The second-order valence-corrected chi connectivity index (χ2v) is 8.20. The number of hydrogen-bond acceptors (Lipinski definition) is 4. The Morgan fingerprint density at radius 2 is 2.20 bits per heavy atom. The molecule has 160 valence electrons. The minimum atomic E-state index is -4.42. The highest BCUT2D eigenvalue weighted by Crippen LogP contribution is 2.32. The van der Waals surface area contributed by atoms with Crippen molar-refractivity contribution in [2.24, 2.45) is 0 Å². The number of aromatic nitrogens is 2. The van der Waals surface area contributed by atoms with Crippen LogP contribution in [0.1, 0.15) is 42.2 Å². The molecule has 1 fully saturated rings. The van der Waals surface area contributed by atoms with E-state index in [1.165, 1.54) is 17.4 Å². The van der Waals surface area contributed by atoms with E-state index in [1.54, 1.807) is 26.9 Å². The summed E-state index contributed by atoms with van der Waals surface area (Å²) in [5.74, 6) is -0.112. The standard InChI is InChI=1S/C21H22F3N3O2S/c1-2-9-29-16-7-4-8-26(11-16)19(28)18-13-30-20-25-17(12-27(18)20)14-5-3-6-15(10-14)21(22,23)24/h3,5-6,10,12-13,16H,2,4,7-9,11H2,1H3/t16-/m0/s1. The lowest BCUT2D eigenvalue weighted by molar-refractivity contribution is -0.137. The van der Waals surface area contributed by atoms with Crippen molar-refractivity contribution >= 4 is 22.2 Å². The van der Waals surface area contributed by atoms with E-state index in [2.05, 4.69) is 11.9 Å². The van der Waals surface area contributed by atoms with E-state index in [9.17, 15) is 18.0 Å². The molecule has 0 bridgehead atoms. The van der Waals surface area contributed by atoms with E-state index in [0.29, 0.717) is 41.6 Å². The van der Waals surface area contributed by atoms with Gasteiger partial charge in [0, 0.05) is 36.8 Å². The third-order valence-corrected chi connectivity index (χ3v) is 5.98. The maximum atomic E-state index is 13.1. The number of rotatable bonds is 5. The van der Waals surface area contributed by atoms with Gasteiger partial charge in [-0.1, -0.05) is 19.1 Å². The summed E-state index contributed by atoms with van der Waals surface area (Å²) in [5.41, 5.74) is 0.519. The third-order valence-electron chi connectivity index (χ3n) is 5.14. The van der Waals surface area contributed by atoms with Gasteiger partial charge in [0.1, 0.15) is 5.69 Å². The molecule has 1 atom stereocenters. The third kappa shape index (κ3) is 4.22. The van der Waals surface area contributed by atoms with Crippen LogP contribution in [0.4, 0.5) is 13.2 Å². The van der Waals surface area contributed by atoms with Crippen LogP contribution in [0, 0.1) is 0 Å². The zero-order valence-corrected chi connectivity index (χ0v) is 17.3. The smallest absolute Gasteiger partial charge is 0.376 e. The van der Waals surface area contributed by atoms with Gasteiger partial charge in [0.15, 0.2) is 4.96 Å². The second-order valence-electron chi connectivity index (χ2n) is 7.36. The zero-order valence-electron chi connectivity index (χ0n) is 16.5. The SMILES string of the molecule is CCCO[C@H]1CCCN(C(=O)c2csc3nc(-c4cccc(C(F)(F)F)c4)cn23)C1. The molecule has 1 aliphatic heterocycles. The number of ether oxygens (including phenoxy) is 1. The molecule has 0 N–H and O–H groups in total. The van der Waals surface area contributed by atoms with E-state index >= 15 is 0 Å². The lowest BCUT2D eigenvalue weighted by atomic mass is 10.1. The molecule has 3 heterocycles. The van der Waals surface area contributed by atoms with Crippen LogP contribution in [0.25, 0.3) is 16.2 Å². The quantitative estimate of drug-likeness (QED) is 0.557. The van der Waals surface area contributed by atoms with Crippen LogP contribution >= 0.6 is 11.3 Å². The first-order valence-electron chi connectivity index (χ1n) is 9.92. The van der Waals surface area contributed by atoms with E-state index in [0.717, 1.165) is 31.4 Å². The molecule has 0 radical (unpaired) electrons. The lowest BCUT2D eigenvalue weighted by Gasteiger charge is -2.32. The Bertz CT molecular complexity index is 1040. The van der Waals surface area contributed by atoms with Crippen molar-refractivity contribution in [3.8, 4) is 11.3 Å². The first-order chi connectivity index (χ1) is 14.4. The van der Waals surface area contributed by atoms with Gasteiger partial charge in [-0.2, -0.15) is 13.2 Å². The number of thiazole rings is 1. The summed E-state index contributed by atoms with van der Waals surface area (Å²) in [7, 11) is 0. The number of hydrogen-bond donors (Lipinski definition) is 0. The fraction of sp³-hybridized carbons (Fsp3) is 0.429. The highest BCUT2D eigenvalue weighted by molar-refractivity contribution is 7.15. The molecule has 0 saturated carbocycles. The molecule has 0 unspecified atom stereocenters. The fourth-order valence-electron chi connectivity index (χ4n) is 3.64. The van der Waals surface area contributed by atoms with Crippen molar-refractivity contribution in [2.75, 3.05) is 19.7 Å². The number of imidazole rings is 1. The van der Waals surface area contributed by atoms with Crippen LogP contribution in [-0.4, -0.2) is 46.0 Å². The van der Waals surface area contributed by atoms with Crippen LogP contribution in [0.3, 0.4) is 0 Å². The predicted octanol–water partition coefficient (Wildman–Crippen LogP) is 5.11. The van der Waals surface area contributed by atoms with Gasteiger partial charge in [-0.25, -0.2) is 4.98 Å². The Morgan fingerprint density at radius 1 is 1.37 bits per heavy atom. The second kappa shape index (κ2) is 8.39. The topological polar surface area (TPSA) is 46.8 Å². The molecule has 0 spiro atoms. The average Bonchev–Trinajstić information content (AvgIpc) is 3.32. The van der Waals surface area contributed by atoms with Gasteiger partial charge in [-0.3, -0.25) is 9.20 Å². The van der Waals surface area contributed by atoms with Gasteiger partial charge < -0.3 is 9.64 Å². The van der Waals surface area contributed by atoms with Crippen molar-refractivity contribution in [3.63, 3.8) is 0 Å². The number of carbonyl (C=O) groups is 1. The van der Waals surface area contributed by atoms with Crippen LogP contribution in [0.15, 0.2) is 35.8 Å². The molecule has 9 heteroatoms. The van der Waals surface area contributed by atoms with Crippen LogP contribution in [-0.2, 0) is 10.9 Å². The molecule has 5 nitrogen and oxygen atoms in total. The summed E-state index contributed by atoms with van der Waals surface area (Å²) < 4.78 is 46.6. The molecule has 1 aromatic carbocycles. The van der Waals surface area contributed by atoms with Crippen molar-refractivity contribution in [1.82, 2.24) is 14.3 Å². The van der Waals surface area contributed by atoms with E-state index in [1.807, 2.05) is 0 Å². The fourth-order valence-corrected chi connectivity index (χ4v) is 4.48. The summed E-state index contributed by atoms with van der Waals surface area (Å²) in [5, 5.41) is 1.75. The Morgan fingerprint density at radius 3 is 2.97 bits per heavy atom. The molecule has 1 amide bonds. The van der Waals surface area contributed by atoms with Crippen molar-refractivity contribution < 1.29 is 22.7 Å². The minimum absolute atomic E-state index is 0.0419. The number of carbonyl (C=O) groups excluding carboxylic acids is 1. The highest BCUT2D eigenvalue weighted by Gasteiger charge is 2.31. The summed E-state index contributed by atoms with van der Waals surface area (Å²) in [6, 6.07) is 5.06. The van der Waals surface area contributed by atoms with Gasteiger partial charge in [0.2, 0.25) is 0 Å². The van der Waals surface area contributed by atoms with Gasteiger partial charge in [0.25, 0.3) is 5.91 Å². The number of halogens is 3.